The molecule has 0 saturated carbocycles. The van der Waals surface area contributed by atoms with Crippen LogP contribution in [0.3, 0.4) is 0 Å². The molecule has 0 amide bonds. The summed E-state index contributed by atoms with van der Waals surface area (Å²) in [6.45, 7) is 3.88. The van der Waals surface area contributed by atoms with E-state index in [4.69, 9.17) is 4.42 Å². The summed E-state index contributed by atoms with van der Waals surface area (Å²) in [4.78, 5) is 18.9. The lowest BCUT2D eigenvalue weighted by atomic mass is 9.90. The lowest BCUT2D eigenvalue weighted by Crippen LogP contribution is -2.58. The lowest BCUT2D eigenvalue weighted by Gasteiger charge is -2.44. The fraction of sp³-hybridized carbons (Fsp3) is 0.333. The van der Waals surface area contributed by atoms with Gasteiger partial charge in [-0.15, -0.1) is 0 Å². The van der Waals surface area contributed by atoms with Crippen molar-refractivity contribution in [2.45, 2.75) is 12.1 Å². The van der Waals surface area contributed by atoms with Crippen molar-refractivity contribution in [2.24, 2.45) is 0 Å². The SMILES string of the molecule is CN(C)C1CN(c2ccc3c(-c4ccccc4C(=O)[O-])c4ccc(=[N+]5CC(N(C)C)C5)cc-4oc3c2)C1. The first-order chi connectivity index (χ1) is 17.8. The molecule has 0 unspecified atom stereocenters. The first-order valence-corrected chi connectivity index (χ1v) is 12.8. The standard InChI is InChI=1S/C30H32N4O3/c1-31(2)21-15-33(16-21)19-9-11-25-27(13-19)37-28-14-20(34-17-22(18-34)32(3)4)10-12-26(28)29(25)23-7-5-6-8-24(23)30(35)36/h5-14,21-22H,15-18H2,1-4H3. The van der Waals surface area contributed by atoms with Gasteiger partial charge in [0.05, 0.1) is 12.0 Å². The Morgan fingerprint density at radius 1 is 0.919 bits per heavy atom. The number of benzene rings is 3. The monoisotopic (exact) mass is 496 g/mol. The number of nitrogens with zero attached hydrogens (tertiary/aromatic N) is 4. The van der Waals surface area contributed by atoms with Crippen molar-refractivity contribution in [3.8, 4) is 22.5 Å². The van der Waals surface area contributed by atoms with Crippen molar-refractivity contribution >= 4 is 22.6 Å². The number of aromatic carboxylic acids is 1. The zero-order chi connectivity index (χ0) is 25.8. The summed E-state index contributed by atoms with van der Waals surface area (Å²) in [5.41, 5.74) is 4.42. The van der Waals surface area contributed by atoms with Gasteiger partial charge in [0.25, 0.3) is 0 Å². The minimum atomic E-state index is -1.18. The van der Waals surface area contributed by atoms with Crippen LogP contribution in [-0.2, 0) is 0 Å². The van der Waals surface area contributed by atoms with Crippen LogP contribution in [0.25, 0.3) is 33.4 Å². The smallest absolute Gasteiger partial charge is 0.203 e. The molecule has 0 N–H and O–H groups in total. The van der Waals surface area contributed by atoms with Gasteiger partial charge in [-0.2, -0.15) is 0 Å². The Morgan fingerprint density at radius 3 is 2.35 bits per heavy atom. The van der Waals surface area contributed by atoms with E-state index in [9.17, 15) is 9.90 Å². The van der Waals surface area contributed by atoms with Gasteiger partial charge in [0.2, 0.25) is 5.36 Å². The molecule has 6 rings (SSSR count). The minimum Gasteiger partial charge on any atom is -0.545 e. The highest BCUT2D eigenvalue weighted by atomic mass is 16.4. The van der Waals surface area contributed by atoms with Crippen molar-refractivity contribution < 1.29 is 14.3 Å². The maximum Gasteiger partial charge on any atom is 0.203 e. The normalized spacial score (nSPS) is 18.1. The second-order valence-electron chi connectivity index (χ2n) is 10.7. The van der Waals surface area contributed by atoms with Gasteiger partial charge in [-0.25, -0.2) is 4.58 Å². The maximum absolute atomic E-state index is 12.1. The predicted molar refractivity (Wildman–Crippen MR) is 145 cm³/mol. The van der Waals surface area contributed by atoms with Crippen molar-refractivity contribution in [1.82, 2.24) is 14.4 Å². The Balaban J connectivity index is 1.54. The third-order valence-electron chi connectivity index (χ3n) is 8.02. The van der Waals surface area contributed by atoms with E-state index in [0.717, 1.165) is 65.1 Å². The van der Waals surface area contributed by atoms with E-state index in [1.807, 2.05) is 12.1 Å². The number of fused-ring (bicyclic) bond motifs is 2. The van der Waals surface area contributed by atoms with Gasteiger partial charge in [-0.3, -0.25) is 4.90 Å². The molecule has 2 saturated heterocycles. The van der Waals surface area contributed by atoms with E-state index in [1.54, 1.807) is 12.1 Å². The van der Waals surface area contributed by atoms with E-state index in [1.165, 1.54) is 0 Å². The maximum atomic E-state index is 12.1. The second-order valence-corrected chi connectivity index (χ2v) is 10.7. The highest BCUT2D eigenvalue weighted by molar-refractivity contribution is 6.07. The lowest BCUT2D eigenvalue weighted by molar-refractivity contribution is -0.254. The Kier molecular flexibility index (Phi) is 5.77. The van der Waals surface area contributed by atoms with E-state index in [-0.39, 0.29) is 5.56 Å². The van der Waals surface area contributed by atoms with Crippen LogP contribution in [0.1, 0.15) is 10.4 Å². The van der Waals surface area contributed by atoms with Crippen LogP contribution >= 0.6 is 0 Å². The van der Waals surface area contributed by atoms with Crippen LogP contribution in [0.4, 0.5) is 5.69 Å². The summed E-state index contributed by atoms with van der Waals surface area (Å²) in [7, 11) is 8.45. The molecule has 37 heavy (non-hydrogen) atoms. The molecule has 2 aromatic rings. The third kappa shape index (κ3) is 4.08. The Bertz CT molecular complexity index is 1540. The fourth-order valence-electron chi connectivity index (χ4n) is 5.42. The van der Waals surface area contributed by atoms with E-state index in [2.05, 4.69) is 83.9 Å². The van der Waals surface area contributed by atoms with Gasteiger partial charge >= 0.3 is 0 Å². The molecule has 4 aliphatic rings. The molecule has 2 fully saturated rings. The van der Waals surface area contributed by atoms with Crippen molar-refractivity contribution in [3.05, 3.63) is 71.6 Å². The zero-order valence-corrected chi connectivity index (χ0v) is 21.8. The number of carbonyl (C=O) groups is 1. The zero-order valence-electron chi connectivity index (χ0n) is 21.8. The number of carboxylic acid groups (broad SMARTS) is 1. The summed E-state index contributed by atoms with van der Waals surface area (Å²) in [6, 6.07) is 20.7. The Labute approximate surface area is 216 Å². The number of hydrogen-bond acceptors (Lipinski definition) is 6. The van der Waals surface area contributed by atoms with Gasteiger partial charge in [-0.05, 0) is 52.0 Å². The van der Waals surface area contributed by atoms with Gasteiger partial charge in [0.1, 0.15) is 17.4 Å². The number of carboxylic acids is 1. The first kappa shape index (κ1) is 23.7. The van der Waals surface area contributed by atoms with Gasteiger partial charge < -0.3 is 24.1 Å². The quantitative estimate of drug-likeness (QED) is 0.311. The highest BCUT2D eigenvalue weighted by Crippen LogP contribution is 2.42. The largest absolute Gasteiger partial charge is 0.545 e. The molecular weight excluding hydrogens is 464 g/mol. The van der Waals surface area contributed by atoms with E-state index in [0.29, 0.717) is 17.6 Å². The topological polar surface area (TPSA) is 66.0 Å². The Morgan fingerprint density at radius 2 is 1.65 bits per heavy atom. The number of anilines is 1. The van der Waals surface area contributed by atoms with Gasteiger partial charge in [0.15, 0.2) is 13.1 Å². The number of hydrogen-bond donors (Lipinski definition) is 0. The summed E-state index contributed by atoms with van der Waals surface area (Å²) < 4.78 is 8.88. The highest BCUT2D eigenvalue weighted by Gasteiger charge is 2.33. The molecule has 0 aromatic heterocycles. The molecule has 7 heteroatoms. The second kappa shape index (κ2) is 9.01. The summed E-state index contributed by atoms with van der Waals surface area (Å²) >= 11 is 0. The molecule has 0 spiro atoms. The first-order valence-electron chi connectivity index (χ1n) is 12.8. The van der Waals surface area contributed by atoms with Gasteiger partial charge in [0, 0.05) is 59.0 Å². The fourth-order valence-corrected chi connectivity index (χ4v) is 5.42. The van der Waals surface area contributed by atoms with Crippen LogP contribution < -0.4 is 19.9 Å². The van der Waals surface area contributed by atoms with Crippen LogP contribution in [0.5, 0.6) is 0 Å². The number of likely N-dealkylation sites (N-methyl/N-ethyl adjacent to an activating group) is 2. The summed E-state index contributed by atoms with van der Waals surface area (Å²) in [5.74, 6) is -0.440. The van der Waals surface area contributed by atoms with E-state index < -0.39 is 5.97 Å². The minimum absolute atomic E-state index is 0.178. The number of rotatable bonds is 5. The van der Waals surface area contributed by atoms with Gasteiger partial charge in [-0.1, -0.05) is 24.3 Å². The number of carbonyl (C=O) groups excluding carboxylic acids is 1. The third-order valence-corrected chi connectivity index (χ3v) is 8.02. The predicted octanol–water partition coefficient (Wildman–Crippen LogP) is 2.03. The van der Waals surface area contributed by atoms with Crippen LogP contribution in [0, 0.1) is 0 Å². The van der Waals surface area contributed by atoms with Crippen molar-refractivity contribution in [3.63, 3.8) is 0 Å². The molecule has 3 heterocycles. The summed E-state index contributed by atoms with van der Waals surface area (Å²) in [6.07, 6.45) is 0. The Hall–Kier alpha value is -3.68. The molecule has 0 radical (unpaired) electrons. The molecule has 0 atom stereocenters. The molecule has 0 bridgehead atoms. The molecular formula is C30H32N4O3. The average molecular weight is 497 g/mol. The van der Waals surface area contributed by atoms with Crippen LogP contribution in [-0.4, -0.2) is 82.2 Å². The van der Waals surface area contributed by atoms with Crippen molar-refractivity contribution in [2.75, 3.05) is 59.3 Å². The molecule has 2 aromatic carbocycles. The van der Waals surface area contributed by atoms with E-state index >= 15 is 0 Å². The van der Waals surface area contributed by atoms with Crippen LogP contribution in [0.2, 0.25) is 0 Å². The van der Waals surface area contributed by atoms with Crippen LogP contribution in [0.15, 0.2) is 65.1 Å². The molecule has 190 valence electrons. The molecule has 7 nitrogen and oxygen atoms in total. The molecule has 1 aliphatic carbocycles. The van der Waals surface area contributed by atoms with Crippen molar-refractivity contribution in [1.29, 1.82) is 0 Å². The summed E-state index contributed by atoms with van der Waals surface area (Å²) in [5, 5.41) is 14.1. The average Bonchev–Trinajstić information content (AvgIpc) is 2.80. The molecule has 3 aliphatic heterocycles.